The lowest BCUT2D eigenvalue weighted by atomic mass is 10.1. The maximum absolute atomic E-state index is 12.5. The van der Waals surface area contributed by atoms with E-state index in [1.54, 1.807) is 42.5 Å². The average Bonchev–Trinajstić information content (AvgIpc) is 2.96. The number of thioether (sulfide) groups is 1. The van der Waals surface area contributed by atoms with Crippen LogP contribution in [0.15, 0.2) is 51.8 Å². The van der Waals surface area contributed by atoms with Gasteiger partial charge in [-0.15, -0.1) is 4.40 Å². The molecule has 9 heteroatoms. The van der Waals surface area contributed by atoms with Gasteiger partial charge in [0, 0.05) is 22.7 Å². The standard InChI is InChI=1S/C17H12N4O3S2/c18-10-11-2-1-3-13(8-11)19-16(22)12-4-5-14-15(9-12)25-17-20-26(23,24)7-6-21(14)17/h1-5,8-9H,6-7H2,(H,19,22). The highest BCUT2D eigenvalue weighted by molar-refractivity contribution is 8.15. The summed E-state index contributed by atoms with van der Waals surface area (Å²) in [4.78, 5) is 15.1. The molecule has 2 aliphatic rings. The zero-order valence-electron chi connectivity index (χ0n) is 13.3. The zero-order valence-corrected chi connectivity index (χ0v) is 15.0. The number of fused-ring (bicyclic) bond motifs is 3. The van der Waals surface area contributed by atoms with Crippen LogP contribution in [0.3, 0.4) is 0 Å². The van der Waals surface area contributed by atoms with E-state index in [-0.39, 0.29) is 11.7 Å². The van der Waals surface area contributed by atoms with Crippen molar-refractivity contribution in [2.75, 3.05) is 22.5 Å². The highest BCUT2D eigenvalue weighted by Crippen LogP contribution is 2.42. The van der Waals surface area contributed by atoms with Crippen molar-refractivity contribution >= 4 is 44.2 Å². The largest absolute Gasteiger partial charge is 0.322 e. The van der Waals surface area contributed by atoms with Crippen LogP contribution in [0.5, 0.6) is 0 Å². The summed E-state index contributed by atoms with van der Waals surface area (Å²) in [6, 6.07) is 13.9. The van der Waals surface area contributed by atoms with Crippen LogP contribution in [0.25, 0.3) is 0 Å². The van der Waals surface area contributed by atoms with Gasteiger partial charge in [-0.05, 0) is 48.2 Å². The molecule has 1 N–H and O–H groups in total. The monoisotopic (exact) mass is 384 g/mol. The van der Waals surface area contributed by atoms with Crippen molar-refractivity contribution in [3.05, 3.63) is 53.6 Å². The maximum atomic E-state index is 12.5. The van der Waals surface area contributed by atoms with Crippen molar-refractivity contribution < 1.29 is 13.2 Å². The van der Waals surface area contributed by atoms with E-state index in [0.29, 0.717) is 28.5 Å². The van der Waals surface area contributed by atoms with E-state index in [1.165, 1.54) is 11.8 Å². The van der Waals surface area contributed by atoms with E-state index in [2.05, 4.69) is 9.71 Å². The van der Waals surface area contributed by atoms with Crippen molar-refractivity contribution in [2.45, 2.75) is 4.90 Å². The van der Waals surface area contributed by atoms with E-state index >= 15 is 0 Å². The molecule has 0 spiro atoms. The first-order chi connectivity index (χ1) is 12.4. The fraction of sp³-hybridized carbons (Fsp3) is 0.118. The van der Waals surface area contributed by atoms with Crippen molar-refractivity contribution in [3.63, 3.8) is 0 Å². The summed E-state index contributed by atoms with van der Waals surface area (Å²) < 4.78 is 27.1. The molecular formula is C17H12N4O3S2. The SMILES string of the molecule is N#Cc1cccc(NC(=O)c2ccc3c(c2)SC2=NS(=O)(=O)CCN23)c1. The van der Waals surface area contributed by atoms with Gasteiger partial charge in [0.1, 0.15) is 0 Å². The van der Waals surface area contributed by atoms with Crippen molar-refractivity contribution in [1.82, 2.24) is 0 Å². The van der Waals surface area contributed by atoms with Crippen LogP contribution >= 0.6 is 11.8 Å². The van der Waals surface area contributed by atoms with Gasteiger partial charge in [0.25, 0.3) is 15.9 Å². The van der Waals surface area contributed by atoms with Crippen molar-refractivity contribution in [1.29, 1.82) is 5.26 Å². The van der Waals surface area contributed by atoms with Gasteiger partial charge in [-0.1, -0.05) is 6.07 Å². The van der Waals surface area contributed by atoms with E-state index in [1.807, 2.05) is 11.0 Å². The molecule has 0 bridgehead atoms. The van der Waals surface area contributed by atoms with Gasteiger partial charge in [-0.2, -0.15) is 5.26 Å². The summed E-state index contributed by atoms with van der Waals surface area (Å²) in [7, 11) is -3.41. The molecule has 2 heterocycles. The summed E-state index contributed by atoms with van der Waals surface area (Å²) >= 11 is 1.24. The van der Waals surface area contributed by atoms with Gasteiger partial charge in [-0.3, -0.25) is 4.79 Å². The molecule has 0 aliphatic carbocycles. The molecule has 0 fully saturated rings. The quantitative estimate of drug-likeness (QED) is 0.853. The lowest BCUT2D eigenvalue weighted by Crippen LogP contribution is -2.35. The molecule has 4 rings (SSSR count). The third-order valence-corrected chi connectivity index (χ3v) is 6.29. The number of anilines is 2. The summed E-state index contributed by atoms with van der Waals surface area (Å²) in [5, 5.41) is 12.1. The Kier molecular flexibility index (Phi) is 3.94. The fourth-order valence-electron chi connectivity index (χ4n) is 2.74. The van der Waals surface area contributed by atoms with Crippen molar-refractivity contribution in [3.8, 4) is 6.07 Å². The number of rotatable bonds is 2. The normalized spacial score (nSPS) is 16.9. The second-order valence-corrected chi connectivity index (χ2v) is 8.51. The molecular weight excluding hydrogens is 372 g/mol. The van der Waals surface area contributed by atoms with Crippen LogP contribution < -0.4 is 10.2 Å². The summed E-state index contributed by atoms with van der Waals surface area (Å²) in [6.45, 7) is 0.355. The van der Waals surface area contributed by atoms with E-state index in [9.17, 15) is 13.2 Å². The number of sulfonamides is 1. The predicted octanol–water partition coefficient (Wildman–Crippen LogP) is 2.42. The summed E-state index contributed by atoms with van der Waals surface area (Å²) in [6.07, 6.45) is 0. The Labute approximate surface area is 154 Å². The van der Waals surface area contributed by atoms with Crippen LogP contribution in [0.2, 0.25) is 0 Å². The van der Waals surface area contributed by atoms with Crippen LogP contribution in [0.1, 0.15) is 15.9 Å². The first kappa shape index (κ1) is 16.6. The third kappa shape index (κ3) is 3.05. The van der Waals surface area contributed by atoms with Gasteiger partial charge in [0.2, 0.25) is 0 Å². The zero-order chi connectivity index (χ0) is 18.3. The van der Waals surface area contributed by atoms with Crippen LogP contribution in [-0.4, -0.2) is 31.8 Å². The third-order valence-electron chi connectivity index (χ3n) is 3.98. The van der Waals surface area contributed by atoms with E-state index < -0.39 is 10.0 Å². The number of benzene rings is 2. The number of carbonyl (C=O) groups excluding carboxylic acids is 1. The van der Waals surface area contributed by atoms with Gasteiger partial charge in [-0.25, -0.2) is 8.42 Å². The van der Waals surface area contributed by atoms with Crippen LogP contribution in [0.4, 0.5) is 11.4 Å². The van der Waals surface area contributed by atoms with E-state index in [0.717, 1.165) is 10.6 Å². The summed E-state index contributed by atoms with van der Waals surface area (Å²) in [5.74, 6) is -0.323. The number of amides is 1. The van der Waals surface area contributed by atoms with Gasteiger partial charge in [0.15, 0.2) is 5.17 Å². The Bertz CT molecular complexity index is 1100. The first-order valence-corrected chi connectivity index (χ1v) is 10.1. The van der Waals surface area contributed by atoms with Crippen LogP contribution in [-0.2, 0) is 10.0 Å². The molecule has 0 atom stereocenters. The lowest BCUT2D eigenvalue weighted by molar-refractivity contribution is 0.102. The number of carbonyl (C=O) groups is 1. The van der Waals surface area contributed by atoms with Gasteiger partial charge < -0.3 is 10.2 Å². The molecule has 130 valence electrons. The topological polar surface area (TPSA) is 103 Å². The minimum Gasteiger partial charge on any atom is -0.322 e. The number of hydrogen-bond acceptors (Lipinski definition) is 6. The van der Waals surface area contributed by atoms with Gasteiger partial charge >= 0.3 is 0 Å². The molecule has 2 aromatic rings. The minimum atomic E-state index is -3.41. The molecule has 0 saturated heterocycles. The second kappa shape index (κ2) is 6.16. The summed E-state index contributed by atoms with van der Waals surface area (Å²) in [5.41, 5.74) is 2.30. The average molecular weight is 384 g/mol. The highest BCUT2D eigenvalue weighted by Gasteiger charge is 2.33. The number of nitrogens with zero attached hydrogens (tertiary/aromatic N) is 3. The fourth-order valence-corrected chi connectivity index (χ4v) is 5.04. The van der Waals surface area contributed by atoms with Crippen LogP contribution in [0, 0.1) is 11.3 Å². The number of nitrogens with one attached hydrogen (secondary N) is 1. The Hall–Kier alpha value is -2.83. The molecule has 2 aliphatic heterocycles. The molecule has 7 nitrogen and oxygen atoms in total. The van der Waals surface area contributed by atoms with E-state index in [4.69, 9.17) is 5.26 Å². The lowest BCUT2D eigenvalue weighted by Gasteiger charge is -2.22. The molecule has 0 radical (unpaired) electrons. The predicted molar refractivity (Wildman–Crippen MR) is 100.0 cm³/mol. The molecule has 0 saturated carbocycles. The Morgan fingerprint density at radius 1 is 1.27 bits per heavy atom. The molecule has 0 aromatic heterocycles. The molecule has 1 amide bonds. The van der Waals surface area contributed by atoms with Crippen molar-refractivity contribution in [2.24, 2.45) is 4.40 Å². The maximum Gasteiger partial charge on any atom is 0.257 e. The number of nitriles is 1. The number of hydrogen-bond donors (Lipinski definition) is 1. The Morgan fingerprint density at radius 3 is 2.92 bits per heavy atom. The Morgan fingerprint density at radius 2 is 2.12 bits per heavy atom. The molecule has 26 heavy (non-hydrogen) atoms. The first-order valence-electron chi connectivity index (χ1n) is 7.69. The molecule has 0 unspecified atom stereocenters. The minimum absolute atomic E-state index is 0.0199. The Balaban J connectivity index is 1.59. The number of amidine groups is 1. The second-order valence-electron chi connectivity index (χ2n) is 5.74. The highest BCUT2D eigenvalue weighted by atomic mass is 32.2. The smallest absolute Gasteiger partial charge is 0.257 e. The van der Waals surface area contributed by atoms with Gasteiger partial charge in [0.05, 0.1) is 23.1 Å². The molecule has 2 aromatic carbocycles.